The molecular weight excluding hydrogens is 364 g/mol. The summed E-state index contributed by atoms with van der Waals surface area (Å²) in [4.78, 5) is 23.1. The maximum absolute atomic E-state index is 12.1. The van der Waals surface area contributed by atoms with Crippen LogP contribution < -0.4 is 10.6 Å². The normalized spacial score (nSPS) is 10.4. The second-order valence-electron chi connectivity index (χ2n) is 5.84. The number of carbonyl (C=O) groups is 2. The number of hydrogen-bond donors (Lipinski definition) is 2. The lowest BCUT2D eigenvalue weighted by molar-refractivity contribution is -0.114. The molecule has 1 heterocycles. The molecule has 0 saturated heterocycles. The van der Waals surface area contributed by atoms with Gasteiger partial charge in [-0.1, -0.05) is 29.5 Å². The van der Waals surface area contributed by atoms with Gasteiger partial charge in [-0.3, -0.25) is 9.59 Å². The van der Waals surface area contributed by atoms with E-state index in [0.29, 0.717) is 22.5 Å². The summed E-state index contributed by atoms with van der Waals surface area (Å²) in [5.74, 6) is 0.230. The molecule has 0 aliphatic heterocycles. The van der Waals surface area contributed by atoms with Gasteiger partial charge in [0.05, 0.1) is 5.75 Å². The van der Waals surface area contributed by atoms with Gasteiger partial charge in [0, 0.05) is 23.9 Å². The van der Waals surface area contributed by atoms with Crippen LogP contribution in [0.15, 0.2) is 58.2 Å². The number of aryl methyl sites for hydroxylation is 1. The molecule has 0 radical (unpaired) electrons. The van der Waals surface area contributed by atoms with Gasteiger partial charge in [0.15, 0.2) is 0 Å². The third kappa shape index (κ3) is 5.42. The summed E-state index contributed by atoms with van der Waals surface area (Å²) in [6.07, 6.45) is 0. The Balaban J connectivity index is 1.53. The molecule has 1 aromatic heterocycles. The Hall–Kier alpha value is -3.13. The molecule has 0 bridgehead atoms. The first-order valence-corrected chi connectivity index (χ1v) is 9.19. The zero-order valence-corrected chi connectivity index (χ0v) is 15.7. The number of carbonyl (C=O) groups excluding carboxylic acids is 2. The van der Waals surface area contributed by atoms with Gasteiger partial charge in [-0.25, -0.2) is 0 Å². The third-order valence-electron chi connectivity index (χ3n) is 3.49. The summed E-state index contributed by atoms with van der Waals surface area (Å²) in [5.41, 5.74) is 3.26. The van der Waals surface area contributed by atoms with Crippen LogP contribution in [0.4, 0.5) is 11.4 Å². The van der Waals surface area contributed by atoms with Crippen molar-refractivity contribution in [2.24, 2.45) is 0 Å². The highest BCUT2D eigenvalue weighted by molar-refractivity contribution is 7.99. The lowest BCUT2D eigenvalue weighted by Crippen LogP contribution is -2.14. The predicted octanol–water partition coefficient (Wildman–Crippen LogP) is 3.73. The highest BCUT2D eigenvalue weighted by Crippen LogP contribution is 2.24. The lowest BCUT2D eigenvalue weighted by Gasteiger charge is -2.06. The SMILES string of the molecule is CC(=O)Nc1ccc(NC(=O)CSc2nnc(-c3cccc(C)c3)o2)cc1. The van der Waals surface area contributed by atoms with Gasteiger partial charge in [-0.05, 0) is 43.3 Å². The van der Waals surface area contributed by atoms with Crippen molar-refractivity contribution in [2.75, 3.05) is 16.4 Å². The summed E-state index contributed by atoms with van der Waals surface area (Å²) >= 11 is 1.17. The monoisotopic (exact) mass is 382 g/mol. The highest BCUT2D eigenvalue weighted by atomic mass is 32.2. The van der Waals surface area contributed by atoms with E-state index in [4.69, 9.17) is 4.42 Å². The number of nitrogens with zero attached hydrogens (tertiary/aromatic N) is 2. The first-order valence-electron chi connectivity index (χ1n) is 8.20. The zero-order chi connectivity index (χ0) is 19.2. The largest absolute Gasteiger partial charge is 0.411 e. The average Bonchev–Trinajstić information content (AvgIpc) is 3.10. The summed E-state index contributed by atoms with van der Waals surface area (Å²) in [6.45, 7) is 3.43. The van der Waals surface area contributed by atoms with E-state index in [2.05, 4.69) is 20.8 Å². The van der Waals surface area contributed by atoms with Crippen molar-refractivity contribution in [3.63, 3.8) is 0 Å². The van der Waals surface area contributed by atoms with Crippen molar-refractivity contribution in [3.8, 4) is 11.5 Å². The zero-order valence-electron chi connectivity index (χ0n) is 14.9. The number of thioether (sulfide) groups is 1. The van der Waals surface area contributed by atoms with Crippen molar-refractivity contribution in [3.05, 3.63) is 54.1 Å². The Morgan fingerprint density at radius 1 is 1.04 bits per heavy atom. The molecule has 138 valence electrons. The van der Waals surface area contributed by atoms with Crippen molar-refractivity contribution >= 4 is 35.0 Å². The van der Waals surface area contributed by atoms with Crippen LogP contribution in [0, 0.1) is 6.92 Å². The number of benzene rings is 2. The van der Waals surface area contributed by atoms with Gasteiger partial charge in [0.25, 0.3) is 5.22 Å². The van der Waals surface area contributed by atoms with Crippen molar-refractivity contribution in [1.29, 1.82) is 0 Å². The molecule has 0 saturated carbocycles. The van der Waals surface area contributed by atoms with E-state index in [1.807, 2.05) is 31.2 Å². The van der Waals surface area contributed by atoms with Crippen LogP contribution in [0.25, 0.3) is 11.5 Å². The van der Waals surface area contributed by atoms with Crippen molar-refractivity contribution < 1.29 is 14.0 Å². The van der Waals surface area contributed by atoms with Crippen LogP contribution in [0.3, 0.4) is 0 Å². The fourth-order valence-electron chi connectivity index (χ4n) is 2.33. The fraction of sp³-hybridized carbons (Fsp3) is 0.158. The lowest BCUT2D eigenvalue weighted by atomic mass is 10.1. The van der Waals surface area contributed by atoms with Gasteiger partial charge in [-0.2, -0.15) is 0 Å². The van der Waals surface area contributed by atoms with Gasteiger partial charge >= 0.3 is 0 Å². The van der Waals surface area contributed by atoms with Gasteiger partial charge in [0.2, 0.25) is 17.7 Å². The van der Waals surface area contributed by atoms with E-state index in [9.17, 15) is 9.59 Å². The standard InChI is InChI=1S/C19H18N4O3S/c1-12-4-3-5-14(10-12)18-22-23-19(26-18)27-11-17(25)21-16-8-6-15(7-9-16)20-13(2)24/h3-10H,11H2,1-2H3,(H,20,24)(H,21,25). The molecule has 0 spiro atoms. The van der Waals surface area contributed by atoms with Gasteiger partial charge in [0.1, 0.15) is 0 Å². The minimum atomic E-state index is -0.192. The predicted molar refractivity (Wildman–Crippen MR) is 105 cm³/mol. The molecule has 27 heavy (non-hydrogen) atoms. The smallest absolute Gasteiger partial charge is 0.277 e. The van der Waals surface area contributed by atoms with Crippen molar-refractivity contribution in [1.82, 2.24) is 10.2 Å². The second-order valence-corrected chi connectivity index (χ2v) is 6.76. The number of rotatable bonds is 6. The molecule has 0 fully saturated rings. The molecule has 8 heteroatoms. The van der Waals surface area contributed by atoms with Crippen molar-refractivity contribution in [2.45, 2.75) is 19.1 Å². The molecule has 2 amide bonds. The van der Waals surface area contributed by atoms with E-state index >= 15 is 0 Å². The Morgan fingerprint density at radius 2 is 1.74 bits per heavy atom. The van der Waals surface area contributed by atoms with E-state index < -0.39 is 0 Å². The summed E-state index contributed by atoms with van der Waals surface area (Å²) in [7, 11) is 0. The Kier molecular flexibility index (Phi) is 5.87. The number of hydrogen-bond acceptors (Lipinski definition) is 6. The van der Waals surface area contributed by atoms with Crippen LogP contribution in [0.2, 0.25) is 0 Å². The highest BCUT2D eigenvalue weighted by Gasteiger charge is 2.11. The van der Waals surface area contributed by atoms with Gasteiger partial charge < -0.3 is 15.1 Å². The molecule has 0 unspecified atom stereocenters. The van der Waals surface area contributed by atoms with Crippen LogP contribution in [0.1, 0.15) is 12.5 Å². The first kappa shape index (κ1) is 18.7. The van der Waals surface area contributed by atoms with Crippen LogP contribution in [-0.2, 0) is 9.59 Å². The first-order chi connectivity index (χ1) is 13.0. The van der Waals surface area contributed by atoms with E-state index in [0.717, 1.165) is 11.1 Å². The minimum absolute atomic E-state index is 0.142. The number of amides is 2. The maximum Gasteiger partial charge on any atom is 0.277 e. The maximum atomic E-state index is 12.1. The topological polar surface area (TPSA) is 97.1 Å². The van der Waals surface area contributed by atoms with Crippen LogP contribution in [-0.4, -0.2) is 27.8 Å². The molecular formula is C19H18N4O3S. The Bertz CT molecular complexity index is 954. The molecule has 2 N–H and O–H groups in total. The Labute approximate surface area is 160 Å². The molecule has 3 aromatic rings. The number of anilines is 2. The average molecular weight is 382 g/mol. The number of nitrogens with one attached hydrogen (secondary N) is 2. The second kappa shape index (κ2) is 8.50. The molecule has 0 aliphatic rings. The van der Waals surface area contributed by atoms with E-state index in [1.54, 1.807) is 24.3 Å². The van der Waals surface area contributed by atoms with Gasteiger partial charge in [-0.15, -0.1) is 10.2 Å². The molecule has 2 aromatic carbocycles. The fourth-order valence-corrected chi connectivity index (χ4v) is 2.89. The summed E-state index contributed by atoms with van der Waals surface area (Å²) in [5, 5.41) is 13.8. The van der Waals surface area contributed by atoms with Crippen LogP contribution >= 0.6 is 11.8 Å². The molecule has 7 nitrogen and oxygen atoms in total. The molecule has 3 rings (SSSR count). The summed E-state index contributed by atoms with van der Waals surface area (Å²) < 4.78 is 5.60. The molecule has 0 aliphatic carbocycles. The number of aromatic nitrogens is 2. The van der Waals surface area contributed by atoms with E-state index in [1.165, 1.54) is 18.7 Å². The molecule has 0 atom stereocenters. The van der Waals surface area contributed by atoms with Crippen LogP contribution in [0.5, 0.6) is 0 Å². The third-order valence-corrected chi connectivity index (χ3v) is 4.31. The Morgan fingerprint density at radius 3 is 2.41 bits per heavy atom. The van der Waals surface area contributed by atoms with E-state index in [-0.39, 0.29) is 17.6 Å². The summed E-state index contributed by atoms with van der Waals surface area (Å²) in [6, 6.07) is 14.6. The quantitative estimate of drug-likeness (QED) is 0.631. The minimum Gasteiger partial charge on any atom is -0.411 e.